The molecule has 1 fully saturated rings. The van der Waals surface area contributed by atoms with Crippen molar-refractivity contribution in [1.29, 1.82) is 0 Å². The van der Waals surface area contributed by atoms with Gasteiger partial charge < -0.3 is 10.1 Å². The van der Waals surface area contributed by atoms with Crippen LogP contribution in [0.2, 0.25) is 0 Å². The summed E-state index contributed by atoms with van der Waals surface area (Å²) in [6.07, 6.45) is 5.44. The third kappa shape index (κ3) is 4.38. The van der Waals surface area contributed by atoms with Crippen molar-refractivity contribution in [1.82, 2.24) is 20.1 Å². The number of amides is 1. The van der Waals surface area contributed by atoms with Crippen LogP contribution in [0.5, 0.6) is 5.75 Å². The fourth-order valence-corrected chi connectivity index (χ4v) is 2.16. The van der Waals surface area contributed by atoms with Gasteiger partial charge in [-0.25, -0.2) is 4.68 Å². The lowest BCUT2D eigenvalue weighted by Gasteiger charge is -2.09. The van der Waals surface area contributed by atoms with E-state index < -0.39 is 0 Å². The van der Waals surface area contributed by atoms with Crippen LogP contribution in [-0.4, -0.2) is 33.8 Å². The Labute approximate surface area is 133 Å². The number of aromatic nitrogens is 3. The maximum atomic E-state index is 11.8. The van der Waals surface area contributed by atoms with E-state index in [4.69, 9.17) is 4.74 Å². The van der Waals surface area contributed by atoms with E-state index in [1.807, 2.05) is 0 Å². The summed E-state index contributed by atoms with van der Waals surface area (Å²) in [5, 5.41) is 7.05. The summed E-state index contributed by atoms with van der Waals surface area (Å²) in [5.74, 6) is 0.780. The molecular formula is C16H18N4O3. The Bertz CT molecular complexity index is 726. The molecule has 0 unspecified atom stereocenters. The lowest BCUT2D eigenvalue weighted by Crippen LogP contribution is -2.34. The Kier molecular flexibility index (Phi) is 4.65. The monoisotopic (exact) mass is 314 g/mol. The molecule has 1 aliphatic rings. The van der Waals surface area contributed by atoms with Gasteiger partial charge in [0.1, 0.15) is 5.75 Å². The Hall–Kier alpha value is -2.70. The summed E-state index contributed by atoms with van der Waals surface area (Å²) in [6, 6.07) is 6.79. The number of nitrogens with zero attached hydrogens (tertiary/aromatic N) is 3. The van der Waals surface area contributed by atoms with E-state index in [0.717, 1.165) is 18.5 Å². The Morgan fingerprint density at radius 3 is 2.96 bits per heavy atom. The van der Waals surface area contributed by atoms with Gasteiger partial charge in [0.15, 0.2) is 6.61 Å². The van der Waals surface area contributed by atoms with Gasteiger partial charge in [-0.15, -0.1) is 0 Å². The zero-order valence-corrected chi connectivity index (χ0v) is 12.6. The second kappa shape index (κ2) is 7.04. The maximum Gasteiger partial charge on any atom is 0.266 e. The van der Waals surface area contributed by atoms with Gasteiger partial charge >= 0.3 is 0 Å². The molecule has 1 N–H and O–H groups in total. The summed E-state index contributed by atoms with van der Waals surface area (Å²) in [7, 11) is 0. The van der Waals surface area contributed by atoms with E-state index in [9.17, 15) is 9.59 Å². The molecule has 0 aromatic carbocycles. The quantitative estimate of drug-likeness (QED) is 0.813. The van der Waals surface area contributed by atoms with Crippen molar-refractivity contribution < 1.29 is 9.53 Å². The van der Waals surface area contributed by atoms with Gasteiger partial charge in [-0.2, -0.15) is 5.10 Å². The number of hydrogen-bond donors (Lipinski definition) is 1. The molecule has 0 bridgehead atoms. The molecular weight excluding hydrogens is 296 g/mol. The standard InChI is InChI=1S/C16H18N4O3/c21-15(11-23-13-2-1-7-17-10-13)18-8-9-20-16(22)6-5-14(19-20)12-3-4-12/h1-2,5-7,10,12H,3-4,8-9,11H2,(H,18,21). The van der Waals surface area contributed by atoms with Crippen LogP contribution in [0.25, 0.3) is 0 Å². The van der Waals surface area contributed by atoms with Gasteiger partial charge in [-0.05, 0) is 31.0 Å². The number of nitrogens with one attached hydrogen (secondary N) is 1. The number of rotatable bonds is 7. The third-order valence-corrected chi connectivity index (χ3v) is 3.53. The van der Waals surface area contributed by atoms with Crippen LogP contribution in [0, 0.1) is 0 Å². The van der Waals surface area contributed by atoms with E-state index in [0.29, 0.717) is 24.8 Å². The summed E-state index contributed by atoms with van der Waals surface area (Å²) >= 11 is 0. The van der Waals surface area contributed by atoms with E-state index in [1.54, 1.807) is 30.6 Å². The van der Waals surface area contributed by atoms with Gasteiger partial charge in [0.2, 0.25) is 0 Å². The molecule has 0 saturated heterocycles. The fourth-order valence-electron chi connectivity index (χ4n) is 2.16. The fraction of sp³-hybridized carbons (Fsp3) is 0.375. The normalized spacial score (nSPS) is 13.6. The topological polar surface area (TPSA) is 86.1 Å². The molecule has 7 heteroatoms. The maximum absolute atomic E-state index is 11.8. The number of hydrogen-bond acceptors (Lipinski definition) is 5. The first-order valence-electron chi connectivity index (χ1n) is 7.60. The number of carbonyl (C=O) groups is 1. The molecule has 3 rings (SSSR count). The van der Waals surface area contributed by atoms with Crippen molar-refractivity contribution in [2.24, 2.45) is 0 Å². The van der Waals surface area contributed by atoms with E-state index in [1.165, 1.54) is 10.7 Å². The lowest BCUT2D eigenvalue weighted by atomic mass is 10.3. The van der Waals surface area contributed by atoms with Crippen molar-refractivity contribution in [3.63, 3.8) is 0 Å². The molecule has 1 aliphatic carbocycles. The molecule has 2 heterocycles. The SMILES string of the molecule is O=C(COc1cccnc1)NCCn1nc(C2CC2)ccc1=O. The molecule has 0 radical (unpaired) electrons. The molecule has 120 valence electrons. The Balaban J connectivity index is 1.44. The summed E-state index contributed by atoms with van der Waals surface area (Å²) in [4.78, 5) is 27.4. The Morgan fingerprint density at radius 2 is 2.22 bits per heavy atom. The molecule has 2 aromatic rings. The highest BCUT2D eigenvalue weighted by Gasteiger charge is 2.25. The molecule has 2 aromatic heterocycles. The van der Waals surface area contributed by atoms with Crippen LogP contribution >= 0.6 is 0 Å². The number of carbonyl (C=O) groups excluding carboxylic acids is 1. The van der Waals surface area contributed by atoms with Gasteiger partial charge in [0.25, 0.3) is 11.5 Å². The van der Waals surface area contributed by atoms with E-state index in [2.05, 4.69) is 15.4 Å². The van der Waals surface area contributed by atoms with Crippen LogP contribution in [0.4, 0.5) is 0 Å². The first-order chi connectivity index (χ1) is 11.2. The summed E-state index contributed by atoms with van der Waals surface area (Å²) in [5.41, 5.74) is 0.797. The molecule has 0 spiro atoms. The minimum absolute atomic E-state index is 0.0872. The van der Waals surface area contributed by atoms with Gasteiger partial charge in [0.05, 0.1) is 18.4 Å². The summed E-state index contributed by atoms with van der Waals surface area (Å²) < 4.78 is 6.69. The van der Waals surface area contributed by atoms with Crippen LogP contribution in [0.1, 0.15) is 24.5 Å². The molecule has 0 aliphatic heterocycles. The smallest absolute Gasteiger partial charge is 0.266 e. The van der Waals surface area contributed by atoms with Gasteiger partial charge in [-0.1, -0.05) is 0 Å². The second-order valence-electron chi connectivity index (χ2n) is 5.42. The molecule has 23 heavy (non-hydrogen) atoms. The Morgan fingerprint density at radius 1 is 1.35 bits per heavy atom. The zero-order chi connectivity index (χ0) is 16.1. The predicted octanol–water partition coefficient (Wildman–Crippen LogP) is 0.711. The average molecular weight is 314 g/mol. The van der Waals surface area contributed by atoms with Gasteiger partial charge in [-0.3, -0.25) is 14.6 Å². The molecule has 7 nitrogen and oxygen atoms in total. The molecule has 0 atom stereocenters. The van der Waals surface area contributed by atoms with Gasteiger partial charge in [0, 0.05) is 24.7 Å². The third-order valence-electron chi connectivity index (χ3n) is 3.53. The van der Waals surface area contributed by atoms with E-state index in [-0.39, 0.29) is 18.1 Å². The highest BCUT2D eigenvalue weighted by molar-refractivity contribution is 5.77. The van der Waals surface area contributed by atoms with Crippen LogP contribution in [-0.2, 0) is 11.3 Å². The average Bonchev–Trinajstić information content (AvgIpc) is 3.41. The predicted molar refractivity (Wildman–Crippen MR) is 83.2 cm³/mol. The first-order valence-corrected chi connectivity index (χ1v) is 7.60. The minimum Gasteiger partial charge on any atom is -0.482 e. The second-order valence-corrected chi connectivity index (χ2v) is 5.42. The molecule has 1 amide bonds. The van der Waals surface area contributed by atoms with Crippen LogP contribution in [0.3, 0.4) is 0 Å². The van der Waals surface area contributed by atoms with Crippen molar-refractivity contribution in [3.8, 4) is 5.75 Å². The summed E-state index contributed by atoms with van der Waals surface area (Å²) in [6.45, 7) is 0.588. The number of pyridine rings is 1. The highest BCUT2D eigenvalue weighted by Crippen LogP contribution is 2.38. The number of ether oxygens (including phenoxy) is 1. The molecule has 1 saturated carbocycles. The van der Waals surface area contributed by atoms with Crippen LogP contribution in [0.15, 0.2) is 41.5 Å². The highest BCUT2D eigenvalue weighted by atomic mass is 16.5. The first kappa shape index (κ1) is 15.2. The van der Waals surface area contributed by atoms with Crippen LogP contribution < -0.4 is 15.6 Å². The minimum atomic E-state index is -0.250. The zero-order valence-electron chi connectivity index (χ0n) is 12.6. The lowest BCUT2D eigenvalue weighted by molar-refractivity contribution is -0.123. The van der Waals surface area contributed by atoms with E-state index >= 15 is 0 Å². The van der Waals surface area contributed by atoms with Crippen molar-refractivity contribution in [2.75, 3.05) is 13.2 Å². The van der Waals surface area contributed by atoms with Crippen molar-refractivity contribution >= 4 is 5.91 Å². The van der Waals surface area contributed by atoms with Crippen molar-refractivity contribution in [3.05, 3.63) is 52.7 Å². The largest absolute Gasteiger partial charge is 0.482 e. The van der Waals surface area contributed by atoms with Crippen molar-refractivity contribution in [2.45, 2.75) is 25.3 Å².